The number of ether oxygens (including phenoxy) is 1. The van der Waals surface area contributed by atoms with Crippen LogP contribution in [0, 0.1) is 5.41 Å². The molecule has 0 spiro atoms. The van der Waals surface area contributed by atoms with Crippen LogP contribution >= 0.6 is 24.0 Å². The largest absolute Gasteiger partial charge is 0.376 e. The van der Waals surface area contributed by atoms with Gasteiger partial charge in [-0.3, -0.25) is 9.89 Å². The lowest BCUT2D eigenvalue weighted by Crippen LogP contribution is -2.46. The van der Waals surface area contributed by atoms with Gasteiger partial charge in [0, 0.05) is 39.8 Å². The Bertz CT molecular complexity index is 627. The average molecular weight is 500 g/mol. The summed E-state index contributed by atoms with van der Waals surface area (Å²) >= 11 is 0. The highest BCUT2D eigenvalue weighted by Crippen LogP contribution is 2.42. The van der Waals surface area contributed by atoms with Gasteiger partial charge < -0.3 is 15.4 Å². The van der Waals surface area contributed by atoms with Crippen LogP contribution in [0.15, 0.2) is 29.3 Å². The number of nitrogens with one attached hydrogen (secondary N) is 2. The summed E-state index contributed by atoms with van der Waals surface area (Å²) < 4.78 is 5.64. The highest BCUT2D eigenvalue weighted by Gasteiger charge is 2.34. The van der Waals surface area contributed by atoms with Gasteiger partial charge in [0.25, 0.3) is 0 Å². The van der Waals surface area contributed by atoms with E-state index in [0.29, 0.717) is 11.5 Å². The minimum absolute atomic E-state index is 0. The minimum atomic E-state index is 0. The van der Waals surface area contributed by atoms with Crippen LogP contribution in [0.5, 0.6) is 0 Å². The predicted molar refractivity (Wildman–Crippen MR) is 127 cm³/mol. The molecule has 2 fully saturated rings. The lowest BCUT2D eigenvalue weighted by atomic mass is 9.67. The molecule has 1 unspecified atom stereocenters. The first-order valence-electron chi connectivity index (χ1n) is 10.5. The monoisotopic (exact) mass is 500 g/mol. The van der Waals surface area contributed by atoms with Crippen molar-refractivity contribution in [3.8, 4) is 0 Å². The highest BCUT2D eigenvalue weighted by atomic mass is 127. The fourth-order valence-corrected chi connectivity index (χ4v) is 4.14. The Kier molecular flexibility index (Phi) is 9.50. The zero-order valence-corrected chi connectivity index (χ0v) is 20.0. The van der Waals surface area contributed by atoms with Gasteiger partial charge in [0.15, 0.2) is 5.96 Å². The third-order valence-corrected chi connectivity index (χ3v) is 6.20. The van der Waals surface area contributed by atoms with Crippen LogP contribution in [0.2, 0.25) is 0 Å². The van der Waals surface area contributed by atoms with E-state index in [1.165, 1.54) is 36.8 Å². The second-order valence-electron chi connectivity index (χ2n) is 8.22. The number of rotatable bonds is 7. The minimum Gasteiger partial charge on any atom is -0.376 e. The second-order valence-corrected chi connectivity index (χ2v) is 8.22. The Labute approximate surface area is 187 Å². The van der Waals surface area contributed by atoms with Crippen LogP contribution in [-0.4, -0.2) is 50.3 Å². The molecule has 1 aliphatic heterocycles. The normalized spacial score (nSPS) is 22.1. The number of hydrogen-bond acceptors (Lipinski definition) is 3. The quantitative estimate of drug-likeness (QED) is 0.340. The van der Waals surface area contributed by atoms with E-state index in [9.17, 15) is 0 Å². The Morgan fingerprint density at radius 2 is 2.07 bits per heavy atom. The molecule has 28 heavy (non-hydrogen) atoms. The Balaban J connectivity index is 0.00000280. The van der Waals surface area contributed by atoms with Crippen LogP contribution in [0.4, 0.5) is 0 Å². The van der Waals surface area contributed by atoms with Crippen LogP contribution in [0.25, 0.3) is 0 Å². The molecule has 1 atom stereocenters. The molecule has 5 nitrogen and oxygen atoms in total. The summed E-state index contributed by atoms with van der Waals surface area (Å²) in [5.74, 6) is 0.905. The van der Waals surface area contributed by atoms with Crippen molar-refractivity contribution in [2.24, 2.45) is 10.4 Å². The van der Waals surface area contributed by atoms with Crippen molar-refractivity contribution in [1.29, 1.82) is 0 Å². The number of nitrogens with zero attached hydrogens (tertiary/aromatic N) is 2. The molecule has 1 saturated heterocycles. The van der Waals surface area contributed by atoms with Gasteiger partial charge in [0.05, 0.1) is 12.7 Å². The van der Waals surface area contributed by atoms with E-state index in [-0.39, 0.29) is 24.0 Å². The average Bonchev–Trinajstić information content (AvgIpc) is 2.64. The maximum Gasteiger partial charge on any atom is 0.191 e. The van der Waals surface area contributed by atoms with Crippen molar-refractivity contribution in [2.45, 2.75) is 58.7 Å². The molecule has 1 heterocycles. The molecule has 1 aromatic rings. The first kappa shape index (κ1) is 23.4. The molecule has 0 aromatic heterocycles. The van der Waals surface area contributed by atoms with Gasteiger partial charge in [-0.25, -0.2) is 0 Å². The van der Waals surface area contributed by atoms with E-state index < -0.39 is 0 Å². The van der Waals surface area contributed by atoms with E-state index in [2.05, 4.69) is 58.6 Å². The Morgan fingerprint density at radius 1 is 1.29 bits per heavy atom. The number of halogens is 1. The summed E-state index contributed by atoms with van der Waals surface area (Å²) in [4.78, 5) is 6.87. The topological polar surface area (TPSA) is 48.9 Å². The maximum atomic E-state index is 5.64. The summed E-state index contributed by atoms with van der Waals surface area (Å²) in [7, 11) is 1.85. The maximum absolute atomic E-state index is 5.64. The van der Waals surface area contributed by atoms with Gasteiger partial charge in [-0.2, -0.15) is 0 Å². The second kappa shape index (κ2) is 11.4. The van der Waals surface area contributed by atoms with Gasteiger partial charge in [-0.1, -0.05) is 37.6 Å². The molecule has 1 saturated carbocycles. The van der Waals surface area contributed by atoms with Crippen molar-refractivity contribution in [1.82, 2.24) is 15.5 Å². The summed E-state index contributed by atoms with van der Waals surface area (Å²) in [5, 5.41) is 7.01. The van der Waals surface area contributed by atoms with Gasteiger partial charge in [-0.15, -0.1) is 24.0 Å². The SMILES string of the molecule is CCC1(CNC(=NC)NCc2cccc(CN3CCOC(C)C3)c2)CCC1.I. The van der Waals surface area contributed by atoms with Crippen molar-refractivity contribution >= 4 is 29.9 Å². The molecular formula is C22H37IN4O. The van der Waals surface area contributed by atoms with Gasteiger partial charge in [0.2, 0.25) is 0 Å². The van der Waals surface area contributed by atoms with Crippen molar-refractivity contribution in [3.63, 3.8) is 0 Å². The highest BCUT2D eigenvalue weighted by molar-refractivity contribution is 14.0. The third-order valence-electron chi connectivity index (χ3n) is 6.20. The van der Waals surface area contributed by atoms with E-state index >= 15 is 0 Å². The van der Waals surface area contributed by atoms with E-state index in [1.54, 1.807) is 0 Å². The molecule has 1 aliphatic carbocycles. The lowest BCUT2D eigenvalue weighted by molar-refractivity contribution is -0.0212. The molecule has 2 N–H and O–H groups in total. The smallest absolute Gasteiger partial charge is 0.191 e. The number of morpholine rings is 1. The predicted octanol–water partition coefficient (Wildman–Crippen LogP) is 3.77. The molecule has 3 rings (SSSR count). The number of benzene rings is 1. The molecule has 1 aromatic carbocycles. The zero-order chi connectivity index (χ0) is 19.1. The van der Waals surface area contributed by atoms with Crippen molar-refractivity contribution < 1.29 is 4.74 Å². The van der Waals surface area contributed by atoms with E-state index in [4.69, 9.17) is 4.74 Å². The molecule has 0 radical (unpaired) electrons. The summed E-state index contributed by atoms with van der Waals surface area (Å²) in [6.45, 7) is 10.1. The lowest BCUT2D eigenvalue weighted by Gasteiger charge is -2.41. The fraction of sp³-hybridized carbons (Fsp3) is 0.682. The van der Waals surface area contributed by atoms with Crippen LogP contribution in [0.1, 0.15) is 50.7 Å². The summed E-state index contributed by atoms with van der Waals surface area (Å²) in [6.07, 6.45) is 5.64. The van der Waals surface area contributed by atoms with Gasteiger partial charge >= 0.3 is 0 Å². The molecule has 2 aliphatic rings. The Morgan fingerprint density at radius 3 is 2.71 bits per heavy atom. The first-order valence-corrected chi connectivity index (χ1v) is 10.5. The molecule has 0 bridgehead atoms. The Hall–Kier alpha value is -0.860. The summed E-state index contributed by atoms with van der Waals surface area (Å²) in [6, 6.07) is 8.87. The third kappa shape index (κ3) is 6.59. The van der Waals surface area contributed by atoms with E-state index in [0.717, 1.165) is 45.3 Å². The number of hydrogen-bond donors (Lipinski definition) is 2. The fourth-order valence-electron chi connectivity index (χ4n) is 4.14. The van der Waals surface area contributed by atoms with Gasteiger partial charge in [-0.05, 0) is 42.7 Å². The van der Waals surface area contributed by atoms with Crippen LogP contribution in [0.3, 0.4) is 0 Å². The van der Waals surface area contributed by atoms with E-state index in [1.807, 2.05) is 7.05 Å². The molecular weight excluding hydrogens is 463 g/mol. The first-order chi connectivity index (χ1) is 13.1. The summed E-state index contributed by atoms with van der Waals surface area (Å²) in [5.41, 5.74) is 3.16. The number of guanidine groups is 1. The van der Waals surface area contributed by atoms with Crippen molar-refractivity contribution in [3.05, 3.63) is 35.4 Å². The van der Waals surface area contributed by atoms with Crippen LogP contribution < -0.4 is 10.6 Å². The van der Waals surface area contributed by atoms with Gasteiger partial charge in [0.1, 0.15) is 0 Å². The number of aliphatic imine (C=N–C) groups is 1. The standard InChI is InChI=1S/C22H36N4O.HI/c1-4-22(9-6-10-22)17-25-21(23-3)24-14-19-7-5-8-20(13-19)16-26-11-12-27-18(2)15-26;/h5,7-8,13,18H,4,6,9-12,14-17H2,1-3H3,(H2,23,24,25);1H. The molecule has 6 heteroatoms. The van der Waals surface area contributed by atoms with Crippen molar-refractivity contribution in [2.75, 3.05) is 33.3 Å². The molecule has 158 valence electrons. The molecule has 0 amide bonds. The van der Waals surface area contributed by atoms with Crippen LogP contribution in [-0.2, 0) is 17.8 Å². The zero-order valence-electron chi connectivity index (χ0n) is 17.7.